The Kier molecular flexibility index (Phi) is 3.96. The number of hydrogen-bond acceptors (Lipinski definition) is 5. The van der Waals surface area contributed by atoms with Crippen LogP contribution in [0.4, 0.5) is 5.95 Å². The van der Waals surface area contributed by atoms with Gasteiger partial charge in [0.25, 0.3) is 0 Å². The Hall–Kier alpha value is -2.77. The summed E-state index contributed by atoms with van der Waals surface area (Å²) in [4.78, 5) is 34.9. The number of H-pyrrole nitrogens is 1. The topological polar surface area (TPSA) is 79.2 Å². The molecule has 1 aliphatic heterocycles. The maximum Gasteiger partial charge on any atom is 0.240 e. The molecule has 1 unspecified atom stereocenters. The Bertz CT molecular complexity index is 1280. The first kappa shape index (κ1) is 17.3. The summed E-state index contributed by atoms with van der Waals surface area (Å²) in [5, 5.41) is 0.382. The van der Waals surface area contributed by atoms with E-state index >= 15 is 0 Å². The number of nitrogens with zero attached hydrogens (tertiary/aromatic N) is 2. The fraction of sp³-hybridized carbons (Fsp3) is 0.150. The number of amides is 1. The van der Waals surface area contributed by atoms with E-state index in [1.54, 1.807) is 12.1 Å². The highest BCUT2D eigenvalue weighted by atomic mass is 35.5. The minimum absolute atomic E-state index is 0.115. The lowest BCUT2D eigenvalue weighted by molar-refractivity contribution is -0.115. The molecule has 28 heavy (non-hydrogen) atoms. The molecule has 2 aromatic carbocycles. The van der Waals surface area contributed by atoms with E-state index in [-0.39, 0.29) is 17.1 Å². The van der Waals surface area contributed by atoms with Gasteiger partial charge in [-0.05, 0) is 36.8 Å². The van der Waals surface area contributed by atoms with Crippen LogP contribution in [0.3, 0.4) is 0 Å². The van der Waals surface area contributed by atoms with Gasteiger partial charge in [-0.25, -0.2) is 4.98 Å². The maximum absolute atomic E-state index is 13.1. The average Bonchev–Trinajstić information content (AvgIpc) is 3.26. The molecule has 0 aliphatic carbocycles. The number of aromatic amines is 1. The van der Waals surface area contributed by atoms with E-state index in [0.717, 1.165) is 16.6 Å². The number of hydrogen-bond donors (Lipinski definition) is 1. The van der Waals surface area contributed by atoms with Gasteiger partial charge in [-0.3, -0.25) is 14.5 Å². The Morgan fingerprint density at radius 1 is 1.29 bits per heavy atom. The first-order valence-electron chi connectivity index (χ1n) is 8.63. The van der Waals surface area contributed by atoms with Crippen molar-refractivity contribution in [3.05, 3.63) is 69.0 Å². The highest BCUT2D eigenvalue weighted by Crippen LogP contribution is 2.40. The van der Waals surface area contributed by atoms with Crippen LogP contribution in [-0.4, -0.2) is 21.6 Å². The van der Waals surface area contributed by atoms with Gasteiger partial charge in [0.1, 0.15) is 17.2 Å². The van der Waals surface area contributed by atoms with Crippen LogP contribution in [-0.2, 0) is 4.79 Å². The molecule has 0 saturated carbocycles. The summed E-state index contributed by atoms with van der Waals surface area (Å²) in [6, 6.07) is 10.9. The molecular formula is C20H14ClN3O3S. The molecule has 1 aliphatic rings. The maximum atomic E-state index is 13.1. The summed E-state index contributed by atoms with van der Waals surface area (Å²) in [5.74, 6) is 0.562. The number of anilines is 1. The second kappa shape index (κ2) is 6.39. The van der Waals surface area contributed by atoms with Crippen molar-refractivity contribution in [2.45, 2.75) is 12.3 Å². The van der Waals surface area contributed by atoms with Crippen molar-refractivity contribution in [2.75, 3.05) is 10.7 Å². The van der Waals surface area contributed by atoms with Crippen molar-refractivity contribution in [3.63, 3.8) is 0 Å². The normalized spacial score (nSPS) is 17.1. The summed E-state index contributed by atoms with van der Waals surface area (Å²) >= 11 is 7.57. The predicted octanol–water partition coefficient (Wildman–Crippen LogP) is 4.41. The molecule has 1 atom stereocenters. The number of imidazole rings is 1. The second-order valence-corrected chi connectivity index (χ2v) is 8.10. The Balaban J connectivity index is 1.65. The van der Waals surface area contributed by atoms with Gasteiger partial charge in [-0.15, -0.1) is 11.8 Å². The lowest BCUT2D eigenvalue weighted by atomic mass is 10.1. The molecular weight excluding hydrogens is 398 g/mol. The number of aryl methyl sites for hydroxylation is 1. The van der Waals surface area contributed by atoms with Crippen molar-refractivity contribution in [3.8, 4) is 0 Å². The molecule has 0 radical (unpaired) electrons. The highest BCUT2D eigenvalue weighted by Gasteiger charge is 2.38. The Labute approximate surface area is 168 Å². The van der Waals surface area contributed by atoms with Crippen LogP contribution >= 0.6 is 23.4 Å². The number of carbonyl (C=O) groups excluding carboxylic acids is 1. The average molecular weight is 412 g/mol. The molecule has 5 rings (SSSR count). The minimum atomic E-state index is -0.520. The van der Waals surface area contributed by atoms with E-state index in [9.17, 15) is 9.59 Å². The monoisotopic (exact) mass is 411 g/mol. The molecule has 1 N–H and O–H groups in total. The number of halogens is 1. The van der Waals surface area contributed by atoms with E-state index in [2.05, 4.69) is 9.97 Å². The van der Waals surface area contributed by atoms with Gasteiger partial charge in [0.15, 0.2) is 5.43 Å². The lowest BCUT2D eigenvalue weighted by Gasteiger charge is -2.20. The molecule has 1 amide bonds. The number of rotatable bonds is 2. The van der Waals surface area contributed by atoms with Gasteiger partial charge >= 0.3 is 0 Å². The summed E-state index contributed by atoms with van der Waals surface area (Å²) < 4.78 is 5.71. The zero-order chi connectivity index (χ0) is 19.4. The zero-order valence-corrected chi connectivity index (χ0v) is 16.3. The number of benzene rings is 2. The standard InChI is InChI=1S/C20H14ClN3O3S/c1-10-6-16-11(7-13(10)21)18(26)12(8-27-16)19-24(17(25)9-28-19)20-22-14-4-2-3-5-15(14)23-20/h2-8,19H,9H2,1H3,(H,22,23). The third-order valence-electron chi connectivity index (χ3n) is 4.82. The van der Waals surface area contributed by atoms with Crippen LogP contribution in [0, 0.1) is 6.92 Å². The number of thioether (sulfide) groups is 1. The number of nitrogens with one attached hydrogen (secondary N) is 1. The quantitative estimate of drug-likeness (QED) is 0.528. The number of carbonyl (C=O) groups is 1. The van der Waals surface area contributed by atoms with Gasteiger partial charge in [0.2, 0.25) is 11.9 Å². The SMILES string of the molecule is Cc1cc2occ(C3SCC(=O)N3c3nc4ccccc4[nH]3)c(=O)c2cc1Cl. The van der Waals surface area contributed by atoms with Crippen LogP contribution in [0.2, 0.25) is 5.02 Å². The van der Waals surface area contributed by atoms with E-state index < -0.39 is 5.37 Å². The molecule has 1 fully saturated rings. The van der Waals surface area contributed by atoms with E-state index in [1.807, 2.05) is 31.2 Å². The lowest BCUT2D eigenvalue weighted by Crippen LogP contribution is -2.31. The van der Waals surface area contributed by atoms with Gasteiger partial charge in [0, 0.05) is 5.02 Å². The summed E-state index contributed by atoms with van der Waals surface area (Å²) in [7, 11) is 0. The first-order chi connectivity index (χ1) is 13.5. The molecule has 8 heteroatoms. The van der Waals surface area contributed by atoms with Gasteiger partial charge in [0.05, 0.1) is 27.7 Å². The fourth-order valence-corrected chi connectivity index (χ4v) is 4.68. The molecule has 0 spiro atoms. The second-order valence-electron chi connectivity index (χ2n) is 6.62. The number of aromatic nitrogens is 2. The molecule has 1 saturated heterocycles. The molecule has 0 bridgehead atoms. The van der Waals surface area contributed by atoms with Crippen LogP contribution in [0.15, 0.2) is 51.9 Å². The Morgan fingerprint density at radius 2 is 2.11 bits per heavy atom. The van der Waals surface area contributed by atoms with Gasteiger partial charge in [-0.1, -0.05) is 23.7 Å². The summed E-state index contributed by atoms with van der Waals surface area (Å²) in [6.45, 7) is 1.85. The van der Waals surface area contributed by atoms with Crippen LogP contribution < -0.4 is 10.3 Å². The van der Waals surface area contributed by atoms with E-state index in [0.29, 0.717) is 27.5 Å². The van der Waals surface area contributed by atoms with Crippen molar-refractivity contribution in [2.24, 2.45) is 0 Å². The van der Waals surface area contributed by atoms with Crippen LogP contribution in [0.5, 0.6) is 0 Å². The molecule has 2 aromatic heterocycles. The highest BCUT2D eigenvalue weighted by molar-refractivity contribution is 8.00. The first-order valence-corrected chi connectivity index (χ1v) is 10.1. The van der Waals surface area contributed by atoms with Gasteiger partial charge < -0.3 is 9.40 Å². The largest absolute Gasteiger partial charge is 0.464 e. The van der Waals surface area contributed by atoms with E-state index in [4.69, 9.17) is 16.0 Å². The number of para-hydroxylation sites is 2. The third-order valence-corrected chi connectivity index (χ3v) is 6.42. The van der Waals surface area contributed by atoms with E-state index in [1.165, 1.54) is 22.9 Å². The molecule has 3 heterocycles. The third kappa shape index (κ3) is 2.62. The fourth-order valence-electron chi connectivity index (χ4n) is 3.37. The summed E-state index contributed by atoms with van der Waals surface area (Å²) in [6.07, 6.45) is 1.43. The van der Waals surface area contributed by atoms with Crippen molar-refractivity contribution in [1.82, 2.24) is 9.97 Å². The predicted molar refractivity (Wildman–Crippen MR) is 111 cm³/mol. The van der Waals surface area contributed by atoms with Crippen molar-refractivity contribution in [1.29, 1.82) is 0 Å². The molecule has 6 nitrogen and oxygen atoms in total. The van der Waals surface area contributed by atoms with Crippen LogP contribution in [0.25, 0.3) is 22.0 Å². The molecule has 4 aromatic rings. The number of fused-ring (bicyclic) bond motifs is 2. The minimum Gasteiger partial charge on any atom is -0.464 e. The summed E-state index contributed by atoms with van der Waals surface area (Å²) in [5.41, 5.74) is 3.09. The van der Waals surface area contributed by atoms with Gasteiger partial charge in [-0.2, -0.15) is 0 Å². The van der Waals surface area contributed by atoms with Crippen LogP contribution in [0.1, 0.15) is 16.5 Å². The zero-order valence-electron chi connectivity index (χ0n) is 14.7. The van der Waals surface area contributed by atoms with Crippen molar-refractivity contribution >= 4 is 57.2 Å². The Morgan fingerprint density at radius 3 is 2.93 bits per heavy atom. The molecule has 140 valence electrons. The van der Waals surface area contributed by atoms with Crippen molar-refractivity contribution < 1.29 is 9.21 Å². The smallest absolute Gasteiger partial charge is 0.240 e.